The van der Waals surface area contributed by atoms with Crippen molar-refractivity contribution in [3.05, 3.63) is 75.5 Å². The summed E-state index contributed by atoms with van der Waals surface area (Å²) in [5.74, 6) is -0.644. The molecule has 1 aliphatic heterocycles. The van der Waals surface area contributed by atoms with Crippen LogP contribution in [0.15, 0.2) is 53.0 Å². The van der Waals surface area contributed by atoms with E-state index >= 15 is 0 Å². The van der Waals surface area contributed by atoms with Crippen molar-refractivity contribution in [1.82, 2.24) is 14.3 Å². The largest absolute Gasteiger partial charge is 0.438 e. The highest BCUT2D eigenvalue weighted by molar-refractivity contribution is 6.02. The molecule has 0 saturated carbocycles. The van der Waals surface area contributed by atoms with Crippen LogP contribution in [0.2, 0.25) is 0 Å². The SMILES string of the molecule is Cc1cccn2c(=O)c(/C=C(\C#N)C(=O)N3CCCCC3)c(Oc3ccc(F)cc3)nc12. The molecule has 0 atom stereocenters. The normalized spacial score (nSPS) is 14.3. The Hall–Kier alpha value is -3.99. The van der Waals surface area contributed by atoms with Gasteiger partial charge in [0, 0.05) is 19.3 Å². The zero-order valence-corrected chi connectivity index (χ0v) is 17.5. The number of aromatic nitrogens is 2. The lowest BCUT2D eigenvalue weighted by Crippen LogP contribution is -2.36. The van der Waals surface area contributed by atoms with E-state index in [4.69, 9.17) is 4.74 Å². The molecule has 1 aromatic carbocycles. The first kappa shape index (κ1) is 21.2. The number of nitrogens with zero attached hydrogens (tertiary/aromatic N) is 4. The number of carbonyl (C=O) groups is 1. The average Bonchev–Trinajstić information content (AvgIpc) is 2.81. The molecule has 0 spiro atoms. The van der Waals surface area contributed by atoms with Crippen LogP contribution in [0, 0.1) is 24.1 Å². The number of hydrogen-bond donors (Lipinski definition) is 0. The van der Waals surface area contributed by atoms with Gasteiger partial charge in [-0.05, 0) is 68.2 Å². The topological polar surface area (TPSA) is 87.7 Å². The van der Waals surface area contributed by atoms with Crippen LogP contribution in [0.3, 0.4) is 0 Å². The number of ether oxygens (including phenoxy) is 1. The molecule has 162 valence electrons. The monoisotopic (exact) mass is 432 g/mol. The predicted octanol–water partition coefficient (Wildman–Crippen LogP) is 3.85. The molecular formula is C24H21FN4O3. The van der Waals surface area contributed by atoms with E-state index in [9.17, 15) is 19.2 Å². The summed E-state index contributed by atoms with van der Waals surface area (Å²) < 4.78 is 20.5. The summed E-state index contributed by atoms with van der Waals surface area (Å²) in [5.41, 5.74) is 0.457. The zero-order chi connectivity index (χ0) is 22.7. The molecule has 8 heteroatoms. The zero-order valence-electron chi connectivity index (χ0n) is 17.5. The fourth-order valence-electron chi connectivity index (χ4n) is 3.66. The van der Waals surface area contributed by atoms with Crippen LogP contribution in [-0.4, -0.2) is 33.3 Å². The smallest absolute Gasteiger partial charge is 0.269 e. The van der Waals surface area contributed by atoms with Gasteiger partial charge in [-0.3, -0.25) is 14.0 Å². The molecule has 4 rings (SSSR count). The Morgan fingerprint density at radius 3 is 2.59 bits per heavy atom. The molecule has 0 radical (unpaired) electrons. The van der Waals surface area contributed by atoms with Crippen LogP contribution in [0.25, 0.3) is 11.7 Å². The van der Waals surface area contributed by atoms with Gasteiger partial charge < -0.3 is 9.64 Å². The van der Waals surface area contributed by atoms with Crippen molar-refractivity contribution in [2.75, 3.05) is 13.1 Å². The third-order valence-corrected chi connectivity index (χ3v) is 5.36. The van der Waals surface area contributed by atoms with Gasteiger partial charge in [0.1, 0.15) is 34.4 Å². The van der Waals surface area contributed by atoms with E-state index in [0.29, 0.717) is 18.7 Å². The summed E-state index contributed by atoms with van der Waals surface area (Å²) in [5, 5.41) is 9.67. The van der Waals surface area contributed by atoms with Crippen LogP contribution < -0.4 is 10.3 Å². The number of benzene rings is 1. The van der Waals surface area contributed by atoms with Crippen molar-refractivity contribution < 1.29 is 13.9 Å². The minimum absolute atomic E-state index is 0.0284. The number of nitriles is 1. The van der Waals surface area contributed by atoms with Crippen LogP contribution in [-0.2, 0) is 4.79 Å². The number of pyridine rings is 1. The minimum Gasteiger partial charge on any atom is -0.438 e. The summed E-state index contributed by atoms with van der Waals surface area (Å²) in [6, 6.07) is 10.7. The number of amides is 1. The standard InChI is InChI=1S/C24H21FN4O3/c1-16-6-5-13-29-21(16)27-22(32-19-9-7-18(25)8-10-19)20(24(29)31)14-17(15-26)23(30)28-11-3-2-4-12-28/h5-10,13-14H,2-4,11-12H2,1H3/b17-14+. The average molecular weight is 432 g/mol. The summed E-state index contributed by atoms with van der Waals surface area (Å²) in [4.78, 5) is 32.3. The second-order valence-corrected chi connectivity index (χ2v) is 7.60. The third-order valence-electron chi connectivity index (χ3n) is 5.36. The number of halogens is 1. The lowest BCUT2D eigenvalue weighted by Gasteiger charge is -2.26. The Morgan fingerprint density at radius 2 is 1.91 bits per heavy atom. The van der Waals surface area contributed by atoms with Gasteiger partial charge in [-0.15, -0.1) is 0 Å². The molecule has 1 aliphatic rings. The first-order valence-electron chi connectivity index (χ1n) is 10.3. The number of hydrogen-bond acceptors (Lipinski definition) is 5. The number of carbonyl (C=O) groups excluding carboxylic acids is 1. The Balaban J connectivity index is 1.85. The van der Waals surface area contributed by atoms with Crippen LogP contribution in [0.1, 0.15) is 30.4 Å². The lowest BCUT2D eigenvalue weighted by atomic mass is 10.1. The highest BCUT2D eigenvalue weighted by Crippen LogP contribution is 2.25. The molecule has 0 unspecified atom stereocenters. The van der Waals surface area contributed by atoms with Crippen molar-refractivity contribution in [2.24, 2.45) is 0 Å². The molecule has 3 heterocycles. The lowest BCUT2D eigenvalue weighted by molar-refractivity contribution is -0.127. The second kappa shape index (κ2) is 9.02. The molecule has 3 aromatic rings. The van der Waals surface area contributed by atoms with E-state index < -0.39 is 17.3 Å². The quantitative estimate of drug-likeness (QED) is 0.462. The Labute approximate surface area is 184 Å². The fourth-order valence-corrected chi connectivity index (χ4v) is 3.66. The van der Waals surface area contributed by atoms with E-state index in [1.165, 1.54) is 34.7 Å². The van der Waals surface area contributed by atoms with Gasteiger partial charge in [0.15, 0.2) is 0 Å². The highest BCUT2D eigenvalue weighted by atomic mass is 19.1. The maximum Gasteiger partial charge on any atom is 0.269 e. The van der Waals surface area contributed by atoms with Crippen LogP contribution >= 0.6 is 0 Å². The van der Waals surface area contributed by atoms with Gasteiger partial charge in [-0.1, -0.05) is 6.07 Å². The number of likely N-dealkylation sites (tertiary alicyclic amines) is 1. The maximum atomic E-state index is 13.3. The molecule has 32 heavy (non-hydrogen) atoms. The summed E-state index contributed by atoms with van der Waals surface area (Å²) in [6.45, 7) is 2.95. The molecule has 0 bridgehead atoms. The molecule has 1 amide bonds. The molecule has 1 fully saturated rings. The summed E-state index contributed by atoms with van der Waals surface area (Å²) >= 11 is 0. The highest BCUT2D eigenvalue weighted by Gasteiger charge is 2.23. The molecule has 2 aromatic heterocycles. The minimum atomic E-state index is -0.477. The van der Waals surface area contributed by atoms with E-state index in [2.05, 4.69) is 4.98 Å². The second-order valence-electron chi connectivity index (χ2n) is 7.60. The van der Waals surface area contributed by atoms with Crippen molar-refractivity contribution in [2.45, 2.75) is 26.2 Å². The summed E-state index contributed by atoms with van der Waals surface area (Å²) in [7, 11) is 0. The molecular weight excluding hydrogens is 411 g/mol. The van der Waals surface area contributed by atoms with Crippen molar-refractivity contribution >= 4 is 17.6 Å². The third kappa shape index (κ3) is 4.23. The molecule has 7 nitrogen and oxygen atoms in total. The van der Waals surface area contributed by atoms with E-state index in [-0.39, 0.29) is 22.8 Å². The van der Waals surface area contributed by atoms with Gasteiger partial charge in [0.2, 0.25) is 5.88 Å². The first-order chi connectivity index (χ1) is 15.5. The Bertz CT molecular complexity index is 1300. The Kier molecular flexibility index (Phi) is 5.99. The number of piperidine rings is 1. The van der Waals surface area contributed by atoms with Gasteiger partial charge in [0.25, 0.3) is 11.5 Å². The van der Waals surface area contributed by atoms with Gasteiger partial charge >= 0.3 is 0 Å². The fraction of sp³-hybridized carbons (Fsp3) is 0.250. The number of fused-ring (bicyclic) bond motifs is 1. The predicted molar refractivity (Wildman–Crippen MR) is 117 cm³/mol. The van der Waals surface area contributed by atoms with Gasteiger partial charge in [0.05, 0.1) is 0 Å². The van der Waals surface area contributed by atoms with Crippen molar-refractivity contribution in [3.8, 4) is 17.7 Å². The molecule has 0 aliphatic carbocycles. The first-order valence-corrected chi connectivity index (χ1v) is 10.3. The maximum absolute atomic E-state index is 13.3. The van der Waals surface area contributed by atoms with E-state index in [1.807, 2.05) is 6.07 Å². The van der Waals surface area contributed by atoms with Crippen LogP contribution in [0.5, 0.6) is 11.6 Å². The Morgan fingerprint density at radius 1 is 1.19 bits per heavy atom. The van der Waals surface area contributed by atoms with Crippen LogP contribution in [0.4, 0.5) is 4.39 Å². The van der Waals surface area contributed by atoms with Gasteiger partial charge in [-0.25, -0.2) is 4.39 Å². The van der Waals surface area contributed by atoms with E-state index in [0.717, 1.165) is 24.8 Å². The van der Waals surface area contributed by atoms with Gasteiger partial charge in [-0.2, -0.15) is 10.2 Å². The summed E-state index contributed by atoms with van der Waals surface area (Å²) in [6.07, 6.45) is 5.60. The van der Waals surface area contributed by atoms with E-state index in [1.54, 1.807) is 30.2 Å². The number of aryl methyl sites for hydroxylation is 1. The molecule has 1 saturated heterocycles. The number of rotatable bonds is 4. The van der Waals surface area contributed by atoms with Crippen molar-refractivity contribution in [3.63, 3.8) is 0 Å². The van der Waals surface area contributed by atoms with Crippen molar-refractivity contribution in [1.29, 1.82) is 5.26 Å². The molecule has 0 N–H and O–H groups in total.